The van der Waals surface area contributed by atoms with Crippen molar-refractivity contribution in [1.29, 1.82) is 0 Å². The van der Waals surface area contributed by atoms with Crippen LogP contribution in [0.5, 0.6) is 0 Å². The SMILES string of the molecule is C#CCN=C(NCC)N1CCC(N2CCCCC2)C1. The number of nitrogens with one attached hydrogen (secondary N) is 1. The summed E-state index contributed by atoms with van der Waals surface area (Å²) in [6, 6.07) is 0.704. The predicted molar refractivity (Wildman–Crippen MR) is 80.2 cm³/mol. The number of aliphatic imine (C=N–C) groups is 1. The lowest BCUT2D eigenvalue weighted by atomic mass is 10.1. The first kappa shape index (κ1) is 14.2. The zero-order chi connectivity index (χ0) is 13.5. The van der Waals surface area contributed by atoms with Gasteiger partial charge in [0.05, 0.1) is 0 Å². The van der Waals surface area contributed by atoms with Crippen LogP contribution in [0.4, 0.5) is 0 Å². The summed E-state index contributed by atoms with van der Waals surface area (Å²) >= 11 is 0. The Labute approximate surface area is 117 Å². The van der Waals surface area contributed by atoms with Gasteiger partial charge in [-0.1, -0.05) is 12.3 Å². The van der Waals surface area contributed by atoms with Gasteiger partial charge in [-0.25, -0.2) is 4.99 Å². The zero-order valence-corrected chi connectivity index (χ0v) is 12.1. The molecule has 4 nitrogen and oxygen atoms in total. The molecule has 1 atom stereocenters. The molecule has 0 spiro atoms. The fourth-order valence-electron chi connectivity index (χ4n) is 3.06. The Balaban J connectivity index is 1.90. The van der Waals surface area contributed by atoms with Crippen LogP contribution < -0.4 is 5.32 Å². The highest BCUT2D eigenvalue weighted by Crippen LogP contribution is 2.20. The summed E-state index contributed by atoms with van der Waals surface area (Å²) in [6.45, 7) is 8.20. The Bertz CT molecular complexity index is 339. The molecule has 2 fully saturated rings. The standard InChI is InChI=1S/C15H26N4/c1-3-9-17-15(16-4-2)19-12-8-14(13-19)18-10-6-5-7-11-18/h1,14H,4-13H2,2H3,(H,16,17). The number of hydrogen-bond donors (Lipinski definition) is 1. The minimum atomic E-state index is 0.465. The topological polar surface area (TPSA) is 30.9 Å². The molecule has 1 unspecified atom stereocenters. The second-order valence-corrected chi connectivity index (χ2v) is 5.36. The fourth-order valence-corrected chi connectivity index (χ4v) is 3.06. The van der Waals surface area contributed by atoms with Crippen LogP contribution >= 0.6 is 0 Å². The minimum absolute atomic E-state index is 0.465. The average molecular weight is 262 g/mol. The maximum Gasteiger partial charge on any atom is 0.194 e. The van der Waals surface area contributed by atoms with E-state index in [-0.39, 0.29) is 0 Å². The van der Waals surface area contributed by atoms with Crippen molar-refractivity contribution in [3.05, 3.63) is 0 Å². The van der Waals surface area contributed by atoms with Crippen LogP contribution in [0, 0.1) is 12.3 Å². The third kappa shape index (κ3) is 3.87. The van der Waals surface area contributed by atoms with Crippen LogP contribution in [0.15, 0.2) is 4.99 Å². The van der Waals surface area contributed by atoms with E-state index in [9.17, 15) is 0 Å². The van der Waals surface area contributed by atoms with Crippen LogP contribution in [0.25, 0.3) is 0 Å². The van der Waals surface area contributed by atoms with Crippen molar-refractivity contribution in [2.45, 2.75) is 38.6 Å². The highest BCUT2D eigenvalue weighted by molar-refractivity contribution is 5.80. The second-order valence-electron chi connectivity index (χ2n) is 5.36. The van der Waals surface area contributed by atoms with Gasteiger partial charge in [0.15, 0.2) is 5.96 Å². The first-order valence-electron chi connectivity index (χ1n) is 7.56. The van der Waals surface area contributed by atoms with Crippen molar-refractivity contribution >= 4 is 5.96 Å². The number of nitrogens with zero attached hydrogens (tertiary/aromatic N) is 3. The van der Waals surface area contributed by atoms with E-state index in [1.165, 1.54) is 38.8 Å². The summed E-state index contributed by atoms with van der Waals surface area (Å²) in [5.41, 5.74) is 0. The van der Waals surface area contributed by atoms with E-state index in [2.05, 4.69) is 33.0 Å². The lowest BCUT2D eigenvalue weighted by Gasteiger charge is -2.32. The maximum atomic E-state index is 5.30. The highest BCUT2D eigenvalue weighted by atomic mass is 15.3. The molecule has 2 saturated heterocycles. The molecule has 1 N–H and O–H groups in total. The first-order chi connectivity index (χ1) is 9.35. The van der Waals surface area contributed by atoms with Gasteiger partial charge in [0.25, 0.3) is 0 Å². The summed E-state index contributed by atoms with van der Waals surface area (Å²) in [6.07, 6.45) is 10.7. The van der Waals surface area contributed by atoms with Crippen molar-refractivity contribution in [2.24, 2.45) is 4.99 Å². The van der Waals surface area contributed by atoms with Gasteiger partial charge in [0.2, 0.25) is 0 Å². The molecule has 2 aliphatic heterocycles. The molecule has 2 heterocycles. The van der Waals surface area contributed by atoms with Crippen molar-refractivity contribution in [3.63, 3.8) is 0 Å². The molecule has 106 valence electrons. The van der Waals surface area contributed by atoms with Crippen LogP contribution in [-0.2, 0) is 0 Å². The second kappa shape index (κ2) is 7.40. The molecular weight excluding hydrogens is 236 g/mol. The first-order valence-corrected chi connectivity index (χ1v) is 7.56. The summed E-state index contributed by atoms with van der Waals surface area (Å²) < 4.78 is 0. The lowest BCUT2D eigenvalue weighted by molar-refractivity contribution is 0.168. The van der Waals surface area contributed by atoms with Crippen LogP contribution in [0.1, 0.15) is 32.6 Å². The third-order valence-corrected chi connectivity index (χ3v) is 4.02. The smallest absolute Gasteiger partial charge is 0.194 e. The summed E-state index contributed by atoms with van der Waals surface area (Å²) in [5, 5.41) is 3.34. The van der Waals surface area contributed by atoms with E-state index in [0.29, 0.717) is 12.6 Å². The van der Waals surface area contributed by atoms with E-state index in [1.807, 2.05) is 0 Å². The molecule has 2 aliphatic rings. The van der Waals surface area contributed by atoms with Crippen LogP contribution in [-0.4, -0.2) is 61.1 Å². The number of piperidine rings is 1. The lowest BCUT2D eigenvalue weighted by Crippen LogP contribution is -2.44. The Kier molecular flexibility index (Phi) is 5.53. The van der Waals surface area contributed by atoms with Gasteiger partial charge in [-0.2, -0.15) is 0 Å². The molecular formula is C15H26N4. The molecule has 4 heteroatoms. The minimum Gasteiger partial charge on any atom is -0.356 e. The molecule has 0 amide bonds. The van der Waals surface area contributed by atoms with Gasteiger partial charge < -0.3 is 10.2 Å². The quantitative estimate of drug-likeness (QED) is 0.470. The van der Waals surface area contributed by atoms with Crippen LogP contribution in [0.2, 0.25) is 0 Å². The molecule has 0 bridgehead atoms. The molecule has 0 aromatic carbocycles. The molecule has 0 saturated carbocycles. The highest BCUT2D eigenvalue weighted by Gasteiger charge is 2.29. The Morgan fingerprint density at radius 1 is 1.32 bits per heavy atom. The van der Waals surface area contributed by atoms with Gasteiger partial charge >= 0.3 is 0 Å². The Hall–Kier alpha value is -1.21. The Morgan fingerprint density at radius 3 is 2.79 bits per heavy atom. The predicted octanol–water partition coefficient (Wildman–Crippen LogP) is 1.15. The Morgan fingerprint density at radius 2 is 2.11 bits per heavy atom. The molecule has 2 rings (SSSR count). The van der Waals surface area contributed by atoms with E-state index in [4.69, 9.17) is 6.42 Å². The van der Waals surface area contributed by atoms with Gasteiger partial charge in [-0.05, 0) is 39.3 Å². The van der Waals surface area contributed by atoms with E-state index < -0.39 is 0 Å². The van der Waals surface area contributed by atoms with Crippen molar-refractivity contribution in [2.75, 3.05) is 39.3 Å². The number of hydrogen-bond acceptors (Lipinski definition) is 2. The van der Waals surface area contributed by atoms with E-state index >= 15 is 0 Å². The van der Waals surface area contributed by atoms with Crippen molar-refractivity contribution in [1.82, 2.24) is 15.1 Å². The molecule has 0 radical (unpaired) electrons. The van der Waals surface area contributed by atoms with E-state index in [0.717, 1.165) is 25.6 Å². The molecule has 0 aromatic rings. The van der Waals surface area contributed by atoms with Gasteiger partial charge in [-0.15, -0.1) is 6.42 Å². The third-order valence-electron chi connectivity index (χ3n) is 4.02. The molecule has 0 aromatic heterocycles. The largest absolute Gasteiger partial charge is 0.356 e. The number of likely N-dealkylation sites (tertiary alicyclic amines) is 2. The van der Waals surface area contributed by atoms with Crippen molar-refractivity contribution in [3.8, 4) is 12.3 Å². The monoisotopic (exact) mass is 262 g/mol. The molecule has 0 aliphatic carbocycles. The number of terminal acetylenes is 1. The zero-order valence-electron chi connectivity index (χ0n) is 12.1. The number of guanidine groups is 1. The fraction of sp³-hybridized carbons (Fsp3) is 0.800. The van der Waals surface area contributed by atoms with Gasteiger partial charge in [0, 0.05) is 25.7 Å². The summed E-state index contributed by atoms with van der Waals surface area (Å²) in [5.74, 6) is 3.58. The summed E-state index contributed by atoms with van der Waals surface area (Å²) in [7, 11) is 0. The van der Waals surface area contributed by atoms with Crippen LogP contribution in [0.3, 0.4) is 0 Å². The van der Waals surface area contributed by atoms with E-state index in [1.54, 1.807) is 0 Å². The van der Waals surface area contributed by atoms with Crippen molar-refractivity contribution < 1.29 is 0 Å². The number of rotatable bonds is 3. The van der Waals surface area contributed by atoms with Gasteiger partial charge in [-0.3, -0.25) is 4.90 Å². The maximum absolute atomic E-state index is 5.30. The summed E-state index contributed by atoms with van der Waals surface area (Å²) in [4.78, 5) is 9.49. The normalized spacial score (nSPS) is 25.4. The van der Waals surface area contributed by atoms with Gasteiger partial charge in [0.1, 0.15) is 6.54 Å². The average Bonchev–Trinajstić information content (AvgIpc) is 2.94. The molecule has 19 heavy (non-hydrogen) atoms.